The van der Waals surface area contributed by atoms with Crippen LogP contribution in [0.15, 0.2) is 24.3 Å². The average molecular weight is 300 g/mol. The zero-order valence-electron chi connectivity index (χ0n) is 12.7. The summed E-state index contributed by atoms with van der Waals surface area (Å²) in [5.74, 6) is -0.543. The molecule has 0 bridgehead atoms. The van der Waals surface area contributed by atoms with E-state index in [0.717, 1.165) is 43.6 Å². The smallest absolute Gasteiger partial charge is 0.360 e. The lowest BCUT2D eigenvalue weighted by atomic mass is 10.1. The number of nitrogens with zero attached hydrogens (tertiary/aromatic N) is 4. The van der Waals surface area contributed by atoms with Crippen LogP contribution < -0.4 is 4.90 Å². The maximum atomic E-state index is 11.5. The van der Waals surface area contributed by atoms with Crippen molar-refractivity contribution in [2.24, 2.45) is 0 Å². The van der Waals surface area contributed by atoms with Crippen LogP contribution in [-0.4, -0.2) is 39.2 Å². The standard InChI is InChI=1S/C16H20N4O2/c1-2-12-8-4-5-9-13(12)20-17-14(16(21)22)15(18-20)19-10-6-3-7-11-19/h4-5,8-9H,2-3,6-7,10-11H2,1H3,(H,21,22). The number of benzene rings is 1. The van der Waals surface area contributed by atoms with Gasteiger partial charge in [-0.05, 0) is 37.3 Å². The Morgan fingerprint density at radius 2 is 1.91 bits per heavy atom. The number of carboxylic acid groups (broad SMARTS) is 1. The molecule has 0 atom stereocenters. The van der Waals surface area contributed by atoms with Crippen LogP contribution in [0.3, 0.4) is 0 Å². The Morgan fingerprint density at radius 1 is 1.18 bits per heavy atom. The highest BCUT2D eigenvalue weighted by atomic mass is 16.4. The van der Waals surface area contributed by atoms with E-state index in [0.29, 0.717) is 5.82 Å². The first-order valence-electron chi connectivity index (χ1n) is 7.74. The van der Waals surface area contributed by atoms with Crippen LogP contribution in [0.4, 0.5) is 5.82 Å². The van der Waals surface area contributed by atoms with Gasteiger partial charge >= 0.3 is 5.97 Å². The first kappa shape index (κ1) is 14.6. The van der Waals surface area contributed by atoms with E-state index in [1.54, 1.807) is 0 Å². The molecule has 1 fully saturated rings. The van der Waals surface area contributed by atoms with Gasteiger partial charge in [-0.3, -0.25) is 0 Å². The molecule has 1 aromatic carbocycles. The number of aromatic nitrogens is 3. The van der Waals surface area contributed by atoms with E-state index in [4.69, 9.17) is 0 Å². The molecule has 0 aliphatic carbocycles. The first-order chi connectivity index (χ1) is 10.7. The van der Waals surface area contributed by atoms with Crippen molar-refractivity contribution in [1.82, 2.24) is 15.0 Å². The Kier molecular flexibility index (Phi) is 4.09. The van der Waals surface area contributed by atoms with Gasteiger partial charge in [0.05, 0.1) is 5.69 Å². The highest BCUT2D eigenvalue weighted by molar-refractivity contribution is 5.91. The number of hydrogen-bond acceptors (Lipinski definition) is 4. The van der Waals surface area contributed by atoms with Gasteiger partial charge < -0.3 is 10.0 Å². The Morgan fingerprint density at radius 3 is 2.59 bits per heavy atom. The number of hydrogen-bond donors (Lipinski definition) is 1. The van der Waals surface area contributed by atoms with Crippen molar-refractivity contribution >= 4 is 11.8 Å². The molecule has 2 heterocycles. The van der Waals surface area contributed by atoms with Crippen molar-refractivity contribution in [3.8, 4) is 5.69 Å². The van der Waals surface area contributed by atoms with E-state index in [1.807, 2.05) is 29.2 Å². The summed E-state index contributed by atoms with van der Waals surface area (Å²) in [6, 6.07) is 7.82. The van der Waals surface area contributed by atoms with Crippen LogP contribution in [0.2, 0.25) is 0 Å². The Bertz CT molecular complexity index is 675. The van der Waals surface area contributed by atoms with E-state index in [2.05, 4.69) is 17.1 Å². The number of rotatable bonds is 4. The largest absolute Gasteiger partial charge is 0.476 e. The minimum Gasteiger partial charge on any atom is -0.476 e. The van der Waals surface area contributed by atoms with E-state index >= 15 is 0 Å². The van der Waals surface area contributed by atoms with Crippen molar-refractivity contribution < 1.29 is 9.90 Å². The van der Waals surface area contributed by atoms with Gasteiger partial charge in [0.15, 0.2) is 5.82 Å². The molecule has 1 aromatic heterocycles. The molecule has 0 spiro atoms. The molecule has 3 rings (SSSR count). The van der Waals surface area contributed by atoms with Gasteiger partial charge in [0.2, 0.25) is 5.69 Å². The van der Waals surface area contributed by atoms with Crippen LogP contribution in [0.25, 0.3) is 5.69 Å². The highest BCUT2D eigenvalue weighted by Crippen LogP contribution is 2.23. The number of anilines is 1. The molecule has 116 valence electrons. The van der Waals surface area contributed by atoms with Gasteiger partial charge in [0, 0.05) is 13.1 Å². The summed E-state index contributed by atoms with van der Waals surface area (Å²) in [4.78, 5) is 15.0. The van der Waals surface area contributed by atoms with Gasteiger partial charge in [-0.1, -0.05) is 25.1 Å². The molecule has 1 saturated heterocycles. The third-order valence-electron chi connectivity index (χ3n) is 4.04. The van der Waals surface area contributed by atoms with Gasteiger partial charge in [-0.15, -0.1) is 15.0 Å². The SMILES string of the molecule is CCc1ccccc1-n1nc(C(=O)O)c(N2CCCCC2)n1. The topological polar surface area (TPSA) is 71.2 Å². The minimum atomic E-state index is -1.03. The summed E-state index contributed by atoms with van der Waals surface area (Å²) in [5, 5.41) is 18.2. The molecule has 1 aliphatic heterocycles. The molecule has 0 saturated carbocycles. The molecule has 0 amide bonds. The summed E-state index contributed by atoms with van der Waals surface area (Å²) in [7, 11) is 0. The predicted octanol–water partition coefficient (Wildman–Crippen LogP) is 2.52. The highest BCUT2D eigenvalue weighted by Gasteiger charge is 2.25. The fraction of sp³-hybridized carbons (Fsp3) is 0.438. The molecule has 1 N–H and O–H groups in total. The Balaban J connectivity index is 2.04. The maximum Gasteiger partial charge on any atom is 0.360 e. The van der Waals surface area contributed by atoms with Gasteiger partial charge in [0.1, 0.15) is 0 Å². The van der Waals surface area contributed by atoms with E-state index < -0.39 is 5.97 Å². The molecule has 6 heteroatoms. The quantitative estimate of drug-likeness (QED) is 0.939. The fourth-order valence-electron chi connectivity index (χ4n) is 2.87. The molecular weight excluding hydrogens is 280 g/mol. The van der Waals surface area contributed by atoms with Crippen LogP contribution in [0.5, 0.6) is 0 Å². The molecule has 0 unspecified atom stereocenters. The second-order valence-electron chi connectivity index (χ2n) is 5.50. The Hall–Kier alpha value is -2.37. The molecule has 6 nitrogen and oxygen atoms in total. The van der Waals surface area contributed by atoms with Crippen molar-refractivity contribution in [1.29, 1.82) is 0 Å². The number of para-hydroxylation sites is 1. The summed E-state index contributed by atoms with van der Waals surface area (Å²) in [6.45, 7) is 3.74. The normalized spacial score (nSPS) is 15.0. The number of aryl methyl sites for hydroxylation is 1. The van der Waals surface area contributed by atoms with Crippen LogP contribution in [0.1, 0.15) is 42.2 Å². The second kappa shape index (κ2) is 6.17. The monoisotopic (exact) mass is 300 g/mol. The number of aromatic carboxylic acids is 1. The zero-order chi connectivity index (χ0) is 15.5. The van der Waals surface area contributed by atoms with E-state index in [1.165, 1.54) is 11.2 Å². The minimum absolute atomic E-state index is 0.0350. The molecule has 0 radical (unpaired) electrons. The summed E-state index contributed by atoms with van der Waals surface area (Å²) in [5.41, 5.74) is 1.98. The summed E-state index contributed by atoms with van der Waals surface area (Å²) >= 11 is 0. The molecular formula is C16H20N4O2. The lowest BCUT2D eigenvalue weighted by Gasteiger charge is -2.26. The van der Waals surface area contributed by atoms with E-state index in [9.17, 15) is 9.90 Å². The van der Waals surface area contributed by atoms with E-state index in [-0.39, 0.29) is 5.69 Å². The van der Waals surface area contributed by atoms with Crippen molar-refractivity contribution in [3.05, 3.63) is 35.5 Å². The fourth-order valence-corrected chi connectivity index (χ4v) is 2.87. The maximum absolute atomic E-state index is 11.5. The Labute approximate surface area is 129 Å². The number of carboxylic acids is 1. The summed E-state index contributed by atoms with van der Waals surface area (Å²) in [6.07, 6.45) is 4.17. The van der Waals surface area contributed by atoms with Crippen molar-refractivity contribution in [2.75, 3.05) is 18.0 Å². The lowest BCUT2D eigenvalue weighted by molar-refractivity contribution is 0.0690. The predicted molar refractivity (Wildman–Crippen MR) is 83.8 cm³/mol. The third kappa shape index (κ3) is 2.68. The molecule has 1 aliphatic rings. The zero-order valence-corrected chi connectivity index (χ0v) is 12.7. The first-order valence-corrected chi connectivity index (χ1v) is 7.74. The molecule has 22 heavy (non-hydrogen) atoms. The average Bonchev–Trinajstić information content (AvgIpc) is 3.01. The number of piperidine rings is 1. The van der Waals surface area contributed by atoms with Crippen LogP contribution in [0, 0.1) is 0 Å². The molecule has 2 aromatic rings. The van der Waals surface area contributed by atoms with Gasteiger partial charge in [-0.2, -0.15) is 0 Å². The third-order valence-corrected chi connectivity index (χ3v) is 4.04. The van der Waals surface area contributed by atoms with Crippen LogP contribution in [-0.2, 0) is 6.42 Å². The van der Waals surface area contributed by atoms with Gasteiger partial charge in [0.25, 0.3) is 0 Å². The number of carbonyl (C=O) groups is 1. The van der Waals surface area contributed by atoms with Crippen molar-refractivity contribution in [3.63, 3.8) is 0 Å². The van der Waals surface area contributed by atoms with Crippen molar-refractivity contribution in [2.45, 2.75) is 32.6 Å². The summed E-state index contributed by atoms with van der Waals surface area (Å²) < 4.78 is 0. The van der Waals surface area contributed by atoms with Gasteiger partial charge in [-0.25, -0.2) is 4.79 Å². The second-order valence-corrected chi connectivity index (χ2v) is 5.50. The lowest BCUT2D eigenvalue weighted by Crippen LogP contribution is -2.31. The van der Waals surface area contributed by atoms with Crippen LogP contribution >= 0.6 is 0 Å².